The molecular formula is C27H20BrFN2O2S. The van der Waals surface area contributed by atoms with E-state index in [0.717, 1.165) is 14.9 Å². The van der Waals surface area contributed by atoms with Crippen LogP contribution in [0.25, 0.3) is 0 Å². The molecule has 0 heterocycles. The topological polar surface area (TPSA) is 58.2 Å². The maximum Gasteiger partial charge on any atom is 0.258 e. The monoisotopic (exact) mass is 534 g/mol. The number of anilines is 2. The number of rotatable bonds is 7. The minimum absolute atomic E-state index is 0.0196. The third kappa shape index (κ3) is 5.92. The van der Waals surface area contributed by atoms with Crippen molar-refractivity contribution in [1.29, 1.82) is 0 Å². The van der Waals surface area contributed by atoms with E-state index >= 15 is 0 Å². The molecule has 0 bridgehead atoms. The highest BCUT2D eigenvalue weighted by Gasteiger charge is 2.23. The first-order valence-electron chi connectivity index (χ1n) is 10.4. The van der Waals surface area contributed by atoms with Crippen LogP contribution in [0.5, 0.6) is 0 Å². The van der Waals surface area contributed by atoms with Gasteiger partial charge in [-0.15, -0.1) is 11.8 Å². The summed E-state index contributed by atoms with van der Waals surface area (Å²) in [6.45, 7) is 0. The van der Waals surface area contributed by atoms with E-state index in [1.165, 1.54) is 30.0 Å². The average Bonchev–Trinajstić information content (AvgIpc) is 2.85. The highest BCUT2D eigenvalue weighted by molar-refractivity contribution is 9.10. The fourth-order valence-corrected chi connectivity index (χ4v) is 4.67. The number of carbonyl (C=O) groups is 2. The smallest absolute Gasteiger partial charge is 0.258 e. The normalized spacial score (nSPS) is 11.5. The van der Waals surface area contributed by atoms with Crippen LogP contribution in [0.2, 0.25) is 0 Å². The van der Waals surface area contributed by atoms with E-state index in [1.54, 1.807) is 18.2 Å². The average molecular weight is 535 g/mol. The molecule has 0 saturated heterocycles. The molecule has 4 aromatic rings. The number of hydrogen-bond donors (Lipinski definition) is 2. The van der Waals surface area contributed by atoms with Crippen molar-refractivity contribution in [2.24, 2.45) is 0 Å². The van der Waals surface area contributed by atoms with Gasteiger partial charge in [0.2, 0.25) is 5.91 Å². The Labute approximate surface area is 209 Å². The van der Waals surface area contributed by atoms with E-state index in [2.05, 4.69) is 26.6 Å². The summed E-state index contributed by atoms with van der Waals surface area (Å²) < 4.78 is 14.7. The minimum Gasteiger partial charge on any atom is -0.324 e. The summed E-state index contributed by atoms with van der Waals surface area (Å²) in [6, 6.07) is 29.9. The van der Waals surface area contributed by atoms with Crippen molar-refractivity contribution in [3.8, 4) is 0 Å². The third-order valence-corrected chi connectivity index (χ3v) is 6.91. The predicted octanol–water partition coefficient (Wildman–Crippen LogP) is 7.31. The molecule has 170 valence electrons. The lowest BCUT2D eigenvalue weighted by molar-refractivity contribution is -0.115. The number of para-hydroxylation sites is 1. The molecule has 34 heavy (non-hydrogen) atoms. The van der Waals surface area contributed by atoms with Crippen molar-refractivity contribution >= 4 is 50.9 Å². The van der Waals surface area contributed by atoms with E-state index in [0.29, 0.717) is 11.4 Å². The van der Waals surface area contributed by atoms with Crippen LogP contribution in [0.1, 0.15) is 21.2 Å². The quantitative estimate of drug-likeness (QED) is 0.244. The van der Waals surface area contributed by atoms with Crippen LogP contribution in [-0.2, 0) is 4.79 Å². The van der Waals surface area contributed by atoms with Gasteiger partial charge in [0, 0.05) is 15.1 Å². The number of carbonyl (C=O) groups excluding carboxylic acids is 2. The molecule has 1 unspecified atom stereocenters. The van der Waals surface area contributed by atoms with Crippen molar-refractivity contribution in [1.82, 2.24) is 0 Å². The van der Waals surface area contributed by atoms with Crippen LogP contribution >= 0.6 is 27.7 Å². The molecule has 0 aliphatic rings. The standard InChI is InChI=1S/C27H20BrFN2O2S/c28-22-11-5-7-13-24(22)31-27(33)25(18-8-2-1-3-9-18)34-20-16-14-19(15-17-20)30-26(32)21-10-4-6-12-23(21)29/h1-17,25H,(H,30,32)(H,31,33). The molecular weight excluding hydrogens is 515 g/mol. The molecule has 1 atom stereocenters. The number of halogens is 2. The molecule has 2 amide bonds. The molecule has 0 aromatic heterocycles. The second-order valence-electron chi connectivity index (χ2n) is 7.34. The Morgan fingerprint density at radius 1 is 0.765 bits per heavy atom. The van der Waals surface area contributed by atoms with Crippen LogP contribution in [0, 0.1) is 5.82 Å². The Kier molecular flexibility index (Phi) is 7.77. The van der Waals surface area contributed by atoms with Crippen molar-refractivity contribution in [2.45, 2.75) is 10.1 Å². The number of hydrogen-bond acceptors (Lipinski definition) is 3. The van der Waals surface area contributed by atoms with E-state index in [4.69, 9.17) is 0 Å². The first-order chi connectivity index (χ1) is 16.5. The van der Waals surface area contributed by atoms with Crippen LogP contribution in [0.3, 0.4) is 0 Å². The molecule has 2 N–H and O–H groups in total. The largest absolute Gasteiger partial charge is 0.324 e. The zero-order valence-corrected chi connectivity index (χ0v) is 20.3. The lowest BCUT2D eigenvalue weighted by Gasteiger charge is -2.18. The van der Waals surface area contributed by atoms with Crippen molar-refractivity contribution in [2.75, 3.05) is 10.6 Å². The van der Waals surface area contributed by atoms with Gasteiger partial charge in [0.15, 0.2) is 0 Å². The fraction of sp³-hybridized carbons (Fsp3) is 0.0370. The summed E-state index contributed by atoms with van der Waals surface area (Å²) in [7, 11) is 0. The number of thioether (sulfide) groups is 1. The maximum atomic E-state index is 13.9. The number of amides is 2. The number of benzene rings is 4. The minimum atomic E-state index is -0.575. The first-order valence-corrected chi connectivity index (χ1v) is 12.1. The van der Waals surface area contributed by atoms with Crippen LogP contribution < -0.4 is 10.6 Å². The van der Waals surface area contributed by atoms with E-state index < -0.39 is 17.0 Å². The maximum absolute atomic E-state index is 13.9. The van der Waals surface area contributed by atoms with Crippen molar-refractivity contribution < 1.29 is 14.0 Å². The zero-order valence-electron chi connectivity index (χ0n) is 17.9. The highest BCUT2D eigenvalue weighted by atomic mass is 79.9. The Balaban J connectivity index is 1.50. The van der Waals surface area contributed by atoms with E-state index in [1.807, 2.05) is 66.7 Å². The van der Waals surface area contributed by atoms with Gasteiger partial charge in [-0.3, -0.25) is 9.59 Å². The van der Waals surface area contributed by atoms with Crippen LogP contribution in [0.15, 0.2) is 112 Å². The molecule has 0 fully saturated rings. The molecule has 4 aromatic carbocycles. The Morgan fingerprint density at radius 2 is 1.41 bits per heavy atom. The van der Waals surface area contributed by atoms with Gasteiger partial charge in [0.05, 0.1) is 11.3 Å². The van der Waals surface area contributed by atoms with E-state index in [-0.39, 0.29) is 11.5 Å². The molecule has 4 rings (SSSR count). The van der Waals surface area contributed by atoms with Gasteiger partial charge in [-0.25, -0.2) is 4.39 Å². The molecule has 0 saturated carbocycles. The molecule has 0 spiro atoms. The first kappa shape index (κ1) is 23.7. The summed E-state index contributed by atoms with van der Waals surface area (Å²) >= 11 is 4.87. The number of nitrogens with one attached hydrogen (secondary N) is 2. The van der Waals surface area contributed by atoms with E-state index in [9.17, 15) is 14.0 Å². The summed E-state index contributed by atoms with van der Waals surface area (Å²) in [6.07, 6.45) is 0. The molecule has 7 heteroatoms. The van der Waals surface area contributed by atoms with Gasteiger partial charge in [-0.2, -0.15) is 0 Å². The van der Waals surface area contributed by atoms with Gasteiger partial charge in [0.25, 0.3) is 5.91 Å². The lowest BCUT2D eigenvalue weighted by atomic mass is 10.1. The van der Waals surface area contributed by atoms with Crippen LogP contribution in [-0.4, -0.2) is 11.8 Å². The predicted molar refractivity (Wildman–Crippen MR) is 139 cm³/mol. The van der Waals surface area contributed by atoms with Gasteiger partial charge in [0.1, 0.15) is 11.1 Å². The molecule has 0 radical (unpaired) electrons. The van der Waals surface area contributed by atoms with Gasteiger partial charge in [-0.1, -0.05) is 54.6 Å². The molecule has 4 nitrogen and oxygen atoms in total. The highest BCUT2D eigenvalue weighted by Crippen LogP contribution is 2.37. The Morgan fingerprint density at radius 3 is 2.12 bits per heavy atom. The summed E-state index contributed by atoms with van der Waals surface area (Å²) in [5.41, 5.74) is 2.08. The Hall–Kier alpha value is -3.42. The zero-order chi connectivity index (χ0) is 23.9. The lowest BCUT2D eigenvalue weighted by Crippen LogP contribution is -2.19. The van der Waals surface area contributed by atoms with Gasteiger partial charge < -0.3 is 10.6 Å². The SMILES string of the molecule is O=C(Nc1ccc(SC(C(=O)Nc2ccccc2Br)c2ccccc2)cc1)c1ccccc1F. The van der Waals surface area contributed by atoms with Crippen molar-refractivity contribution in [3.63, 3.8) is 0 Å². The Bertz CT molecular complexity index is 1300. The summed E-state index contributed by atoms with van der Waals surface area (Å²) in [4.78, 5) is 26.4. The molecule has 0 aliphatic heterocycles. The summed E-state index contributed by atoms with van der Waals surface area (Å²) in [5, 5.41) is 5.20. The van der Waals surface area contributed by atoms with Crippen LogP contribution in [0.4, 0.5) is 15.8 Å². The second kappa shape index (κ2) is 11.1. The third-order valence-electron chi connectivity index (χ3n) is 4.96. The van der Waals surface area contributed by atoms with Gasteiger partial charge in [-0.05, 0) is 70.0 Å². The van der Waals surface area contributed by atoms with Crippen molar-refractivity contribution in [3.05, 3.63) is 125 Å². The second-order valence-corrected chi connectivity index (χ2v) is 9.37. The fourth-order valence-electron chi connectivity index (χ4n) is 3.26. The summed E-state index contributed by atoms with van der Waals surface area (Å²) in [5.74, 6) is -1.25. The molecule has 0 aliphatic carbocycles. The van der Waals surface area contributed by atoms with Gasteiger partial charge >= 0.3 is 0 Å².